The van der Waals surface area contributed by atoms with Gasteiger partial charge in [0.05, 0.1) is 12.0 Å². The van der Waals surface area contributed by atoms with Gasteiger partial charge in [-0.05, 0) is 24.5 Å². The third-order valence-electron chi connectivity index (χ3n) is 2.70. The van der Waals surface area contributed by atoms with Crippen LogP contribution < -0.4 is 0 Å². The number of rotatable bonds is 5. The molecule has 2 nitrogen and oxygen atoms in total. The van der Waals surface area contributed by atoms with Crippen LogP contribution in [0.1, 0.15) is 24.5 Å². The lowest BCUT2D eigenvalue weighted by Crippen LogP contribution is -2.32. The monoisotopic (exact) mass is 204 g/mol. The van der Waals surface area contributed by atoms with Gasteiger partial charge >= 0.3 is 0 Å². The number of benzene rings is 1. The van der Waals surface area contributed by atoms with E-state index in [9.17, 15) is 4.79 Å². The fraction of sp³-hybridized carbons (Fsp3) is 0.385. The highest BCUT2D eigenvalue weighted by Gasteiger charge is 2.31. The van der Waals surface area contributed by atoms with Gasteiger partial charge in [-0.2, -0.15) is 0 Å². The molecule has 1 atom stereocenters. The van der Waals surface area contributed by atoms with E-state index in [0.29, 0.717) is 13.0 Å². The quantitative estimate of drug-likeness (QED) is 0.735. The van der Waals surface area contributed by atoms with Crippen LogP contribution in [-0.2, 0) is 14.9 Å². The molecule has 0 heterocycles. The van der Waals surface area contributed by atoms with Crippen molar-refractivity contribution in [3.05, 3.63) is 42.3 Å². The zero-order chi connectivity index (χ0) is 11.3. The van der Waals surface area contributed by atoms with Gasteiger partial charge in [0.25, 0.3) is 0 Å². The molecule has 0 aliphatic carbocycles. The van der Waals surface area contributed by atoms with Crippen molar-refractivity contribution >= 4 is 6.29 Å². The van der Waals surface area contributed by atoms with Crippen molar-refractivity contribution in [3.63, 3.8) is 0 Å². The van der Waals surface area contributed by atoms with Crippen LogP contribution in [0, 0.1) is 6.92 Å². The van der Waals surface area contributed by atoms with Crippen LogP contribution >= 0.6 is 0 Å². The van der Waals surface area contributed by atoms with Gasteiger partial charge in [0.1, 0.15) is 0 Å². The number of ether oxygens (including phenoxy) is 1. The molecule has 15 heavy (non-hydrogen) atoms. The van der Waals surface area contributed by atoms with Gasteiger partial charge in [0.15, 0.2) is 0 Å². The predicted octanol–water partition coefficient (Wildman–Crippen LogP) is 2.27. The van der Waals surface area contributed by atoms with Gasteiger partial charge in [-0.3, -0.25) is 4.79 Å². The Morgan fingerprint density at radius 3 is 2.40 bits per heavy atom. The Balaban J connectivity index is 3.07. The Labute approximate surface area is 91.3 Å². The maximum atomic E-state index is 11.1. The summed E-state index contributed by atoms with van der Waals surface area (Å²) in [5, 5.41) is 0. The topological polar surface area (TPSA) is 26.3 Å². The summed E-state index contributed by atoms with van der Waals surface area (Å²) in [5.41, 5.74) is 1.24. The van der Waals surface area contributed by atoms with Crippen molar-refractivity contribution in [2.75, 3.05) is 13.7 Å². The van der Waals surface area contributed by atoms with E-state index >= 15 is 0 Å². The average Bonchev–Trinajstić information content (AvgIpc) is 2.27. The van der Waals surface area contributed by atoms with E-state index < -0.39 is 5.41 Å². The van der Waals surface area contributed by atoms with Crippen LogP contribution in [0.2, 0.25) is 0 Å². The molecule has 0 N–H and O–H groups in total. The molecular formula is C13H16O2. The molecule has 0 saturated heterocycles. The normalized spacial score (nSPS) is 14.6. The molecule has 2 heteroatoms. The second kappa shape index (κ2) is 5.08. The molecule has 0 aliphatic heterocycles. The first-order chi connectivity index (χ1) is 7.18. The Morgan fingerprint density at radius 1 is 1.40 bits per heavy atom. The van der Waals surface area contributed by atoms with Crippen LogP contribution in [-0.4, -0.2) is 20.0 Å². The summed E-state index contributed by atoms with van der Waals surface area (Å²) in [4.78, 5) is 11.1. The lowest BCUT2D eigenvalue weighted by molar-refractivity contribution is 0.155. The first kappa shape index (κ1) is 11.9. The second-order valence-electron chi connectivity index (χ2n) is 3.67. The van der Waals surface area contributed by atoms with Gasteiger partial charge in [-0.1, -0.05) is 31.2 Å². The van der Waals surface area contributed by atoms with Crippen molar-refractivity contribution in [1.82, 2.24) is 0 Å². The van der Waals surface area contributed by atoms with Crippen molar-refractivity contribution < 1.29 is 9.53 Å². The minimum absolute atomic E-state index is 0.365. The number of hydrogen-bond donors (Lipinski definition) is 0. The highest BCUT2D eigenvalue weighted by molar-refractivity contribution is 5.69. The molecule has 0 aliphatic rings. The summed E-state index contributed by atoms with van der Waals surface area (Å²) < 4.78 is 5.10. The van der Waals surface area contributed by atoms with Crippen LogP contribution in [0.25, 0.3) is 0 Å². The summed E-state index contributed by atoms with van der Waals surface area (Å²) in [5.74, 6) is 0. The first-order valence-corrected chi connectivity index (χ1v) is 4.99. The van der Waals surface area contributed by atoms with E-state index in [1.54, 1.807) is 7.11 Å². The van der Waals surface area contributed by atoms with Crippen LogP contribution in [0.3, 0.4) is 0 Å². The van der Waals surface area contributed by atoms with E-state index in [4.69, 9.17) is 4.74 Å². The third-order valence-corrected chi connectivity index (χ3v) is 2.70. The second-order valence-corrected chi connectivity index (χ2v) is 3.67. The van der Waals surface area contributed by atoms with Crippen molar-refractivity contribution in [3.8, 4) is 0 Å². The van der Waals surface area contributed by atoms with Gasteiger partial charge in [0.2, 0.25) is 6.29 Å². The molecule has 0 amide bonds. The minimum atomic E-state index is -0.636. The molecule has 0 fully saturated rings. The largest absolute Gasteiger partial charge is 0.383 e. The molecule has 80 valence electrons. The molecule has 2 radical (unpaired) electrons. The van der Waals surface area contributed by atoms with Crippen LogP contribution in [0.5, 0.6) is 0 Å². The van der Waals surface area contributed by atoms with E-state index in [1.165, 1.54) is 0 Å². The summed E-state index contributed by atoms with van der Waals surface area (Å²) in [6.07, 6.45) is 2.79. The molecule has 0 spiro atoms. The molecule has 0 aromatic heterocycles. The standard InChI is InChI=1S/C13H16O2/c1-4-13(9-14,10-15-3)12-7-5-11(2)6-8-12/h5-8H,2,4,10H2,1,3H3. The third kappa shape index (κ3) is 2.45. The van der Waals surface area contributed by atoms with E-state index in [0.717, 1.165) is 11.1 Å². The maximum absolute atomic E-state index is 11.1. The highest BCUT2D eigenvalue weighted by Crippen LogP contribution is 2.26. The minimum Gasteiger partial charge on any atom is -0.383 e. The number of carbonyl (C=O) groups excluding carboxylic acids is 1. The van der Waals surface area contributed by atoms with Crippen molar-refractivity contribution in [2.24, 2.45) is 0 Å². The van der Waals surface area contributed by atoms with Crippen molar-refractivity contribution in [1.29, 1.82) is 0 Å². The number of methoxy groups -OCH3 is 1. The SMILES string of the molecule is [CH2]c1ccc(C([C]=O)(CC)COC)cc1. The fourth-order valence-corrected chi connectivity index (χ4v) is 1.62. The van der Waals surface area contributed by atoms with E-state index in [1.807, 2.05) is 31.2 Å². The van der Waals surface area contributed by atoms with Crippen LogP contribution in [0.15, 0.2) is 24.3 Å². The molecular weight excluding hydrogens is 188 g/mol. The molecule has 1 unspecified atom stereocenters. The smallest absolute Gasteiger partial charge is 0.212 e. The molecule has 0 bridgehead atoms. The number of hydrogen-bond acceptors (Lipinski definition) is 2. The van der Waals surface area contributed by atoms with Gasteiger partial charge < -0.3 is 4.74 Å². The Bertz CT molecular complexity index is 316. The summed E-state index contributed by atoms with van der Waals surface area (Å²) in [6, 6.07) is 7.62. The zero-order valence-corrected chi connectivity index (χ0v) is 9.25. The maximum Gasteiger partial charge on any atom is 0.212 e. The average molecular weight is 204 g/mol. The summed E-state index contributed by atoms with van der Waals surface area (Å²) >= 11 is 0. The molecule has 0 saturated carbocycles. The van der Waals surface area contributed by atoms with Crippen LogP contribution in [0.4, 0.5) is 0 Å². The highest BCUT2D eigenvalue weighted by atomic mass is 16.5. The first-order valence-electron chi connectivity index (χ1n) is 4.99. The molecule has 1 aromatic rings. The van der Waals surface area contributed by atoms with Gasteiger partial charge in [0, 0.05) is 7.11 Å². The Morgan fingerprint density at radius 2 is 2.00 bits per heavy atom. The Hall–Kier alpha value is -1.15. The van der Waals surface area contributed by atoms with E-state index in [-0.39, 0.29) is 0 Å². The van der Waals surface area contributed by atoms with E-state index in [2.05, 4.69) is 13.2 Å². The van der Waals surface area contributed by atoms with Gasteiger partial charge in [-0.25, -0.2) is 0 Å². The zero-order valence-electron chi connectivity index (χ0n) is 9.25. The fourth-order valence-electron chi connectivity index (χ4n) is 1.62. The lowest BCUT2D eigenvalue weighted by Gasteiger charge is -2.25. The molecule has 1 aromatic carbocycles. The summed E-state index contributed by atoms with van der Waals surface area (Å²) in [7, 11) is 1.59. The summed E-state index contributed by atoms with van der Waals surface area (Å²) in [6.45, 7) is 6.14. The van der Waals surface area contributed by atoms with Crippen molar-refractivity contribution in [2.45, 2.75) is 18.8 Å². The Kier molecular flexibility index (Phi) is 4.04. The van der Waals surface area contributed by atoms with Gasteiger partial charge in [-0.15, -0.1) is 0 Å². The molecule has 1 rings (SSSR count). The lowest BCUT2D eigenvalue weighted by atomic mass is 9.80. The predicted molar refractivity (Wildman–Crippen MR) is 60.4 cm³/mol.